The third-order valence-electron chi connectivity index (χ3n) is 6.13. The molecule has 9 nitrogen and oxygen atoms in total. The number of hydrogen-bond donors (Lipinski definition) is 3. The minimum absolute atomic E-state index is 0.175. The molecular formula is C25H28F3N5O4. The number of likely N-dealkylation sites (tertiary alicyclic amines) is 1. The van der Waals surface area contributed by atoms with Crippen molar-refractivity contribution in [3.05, 3.63) is 41.6 Å². The molecule has 0 unspecified atom stereocenters. The number of alkyl halides is 3. The second-order valence-electron chi connectivity index (χ2n) is 8.84. The molecule has 1 aliphatic carbocycles. The zero-order valence-corrected chi connectivity index (χ0v) is 20.2. The van der Waals surface area contributed by atoms with Crippen molar-refractivity contribution in [2.24, 2.45) is 16.5 Å². The topological polar surface area (TPSA) is 140 Å². The Kier molecular flexibility index (Phi) is 8.47. The van der Waals surface area contributed by atoms with Gasteiger partial charge in [-0.1, -0.05) is 18.1 Å². The van der Waals surface area contributed by atoms with Crippen LogP contribution in [0, 0.1) is 11.8 Å². The van der Waals surface area contributed by atoms with Crippen LogP contribution in [0.5, 0.6) is 5.75 Å². The Labute approximate surface area is 212 Å². The Morgan fingerprint density at radius 1 is 1.27 bits per heavy atom. The minimum atomic E-state index is -4.81. The fourth-order valence-corrected chi connectivity index (χ4v) is 4.26. The number of rotatable bonds is 8. The molecule has 0 bridgehead atoms. The van der Waals surface area contributed by atoms with E-state index >= 15 is 0 Å². The first kappa shape index (κ1) is 27.6. The highest BCUT2D eigenvalue weighted by Crippen LogP contribution is 2.50. The molecule has 37 heavy (non-hydrogen) atoms. The van der Waals surface area contributed by atoms with E-state index in [0.717, 1.165) is 0 Å². The molecule has 3 rings (SSSR count). The second-order valence-corrected chi connectivity index (χ2v) is 8.84. The van der Waals surface area contributed by atoms with Crippen LogP contribution in [0.3, 0.4) is 0 Å². The van der Waals surface area contributed by atoms with Gasteiger partial charge in [-0.05, 0) is 55.4 Å². The monoisotopic (exact) mass is 519 g/mol. The van der Waals surface area contributed by atoms with E-state index in [-0.39, 0.29) is 23.8 Å². The fourth-order valence-electron chi connectivity index (χ4n) is 4.26. The standard InChI is InChI=1S/C25H28F3N5O4/c1-31-13-10-17(29)6-7-18(15-21(30)34)32-22(35)20-3-2-14-33(20)23(36)24(11-12-24)16-4-8-19(9-5-16)37-25(26,27)28/h4-5,8-10,13,18,20H,2-3,11-12,14-15,29H2,1H3,(H2,30,34)(H,32,35)/b17-10-,31-13?/t18-,20+/m1/s1. The highest BCUT2D eigenvalue weighted by atomic mass is 19.4. The molecule has 1 aromatic carbocycles. The lowest BCUT2D eigenvalue weighted by atomic mass is 9.93. The predicted octanol–water partition coefficient (Wildman–Crippen LogP) is 1.51. The van der Waals surface area contributed by atoms with E-state index < -0.39 is 35.7 Å². The van der Waals surface area contributed by atoms with Crippen molar-refractivity contribution in [2.45, 2.75) is 56.0 Å². The third-order valence-corrected chi connectivity index (χ3v) is 6.13. The first-order valence-electron chi connectivity index (χ1n) is 11.6. The van der Waals surface area contributed by atoms with Crippen molar-refractivity contribution in [1.29, 1.82) is 0 Å². The normalized spacial score (nSPS) is 19.6. The molecule has 2 aliphatic rings. The van der Waals surface area contributed by atoms with Gasteiger partial charge < -0.3 is 26.4 Å². The molecule has 1 aliphatic heterocycles. The number of carbonyl (C=O) groups is 3. The number of benzene rings is 1. The number of carbonyl (C=O) groups excluding carboxylic acids is 3. The summed E-state index contributed by atoms with van der Waals surface area (Å²) in [5.41, 5.74) is 10.9. The smallest absolute Gasteiger partial charge is 0.406 e. The minimum Gasteiger partial charge on any atom is -0.406 e. The molecule has 3 amide bonds. The van der Waals surface area contributed by atoms with Crippen LogP contribution in [0.25, 0.3) is 0 Å². The molecule has 2 atom stereocenters. The number of ether oxygens (including phenoxy) is 1. The number of nitrogens with zero attached hydrogens (tertiary/aromatic N) is 2. The van der Waals surface area contributed by atoms with Crippen molar-refractivity contribution in [3.63, 3.8) is 0 Å². The van der Waals surface area contributed by atoms with Crippen LogP contribution in [0.4, 0.5) is 13.2 Å². The lowest BCUT2D eigenvalue weighted by Gasteiger charge is -2.29. The number of primary amides is 1. The number of nitrogens with two attached hydrogens (primary N) is 2. The average Bonchev–Trinajstić information content (AvgIpc) is 3.48. The molecule has 2 fully saturated rings. The van der Waals surface area contributed by atoms with Gasteiger partial charge in [0.15, 0.2) is 0 Å². The van der Waals surface area contributed by atoms with Crippen LogP contribution in [-0.2, 0) is 19.8 Å². The molecule has 198 valence electrons. The van der Waals surface area contributed by atoms with Crippen molar-refractivity contribution < 1.29 is 32.3 Å². The van der Waals surface area contributed by atoms with Crippen molar-refractivity contribution in [3.8, 4) is 17.6 Å². The maximum atomic E-state index is 13.5. The average molecular weight is 520 g/mol. The van der Waals surface area contributed by atoms with Crippen molar-refractivity contribution in [1.82, 2.24) is 10.2 Å². The highest BCUT2D eigenvalue weighted by Gasteiger charge is 2.55. The maximum absolute atomic E-state index is 13.5. The van der Waals surface area contributed by atoms with Gasteiger partial charge in [-0.2, -0.15) is 0 Å². The summed E-state index contributed by atoms with van der Waals surface area (Å²) in [5, 5.41) is 2.68. The Morgan fingerprint density at radius 3 is 2.51 bits per heavy atom. The maximum Gasteiger partial charge on any atom is 0.573 e. The Hall–Kier alpha value is -4.01. The summed E-state index contributed by atoms with van der Waals surface area (Å²) in [6.45, 7) is 0.353. The van der Waals surface area contributed by atoms with Crippen LogP contribution in [0.2, 0.25) is 0 Å². The predicted molar refractivity (Wildman–Crippen MR) is 129 cm³/mol. The lowest BCUT2D eigenvalue weighted by Crippen LogP contribution is -2.51. The van der Waals surface area contributed by atoms with E-state index in [1.54, 1.807) is 7.05 Å². The molecule has 1 saturated carbocycles. The number of hydrogen-bond acceptors (Lipinski definition) is 6. The summed E-state index contributed by atoms with van der Waals surface area (Å²) in [6, 6.07) is 3.53. The summed E-state index contributed by atoms with van der Waals surface area (Å²) in [7, 11) is 1.56. The number of allylic oxidation sites excluding steroid dienone is 2. The van der Waals surface area contributed by atoms with E-state index in [1.807, 2.05) is 0 Å². The quantitative estimate of drug-likeness (QED) is 0.353. The molecule has 5 N–H and O–H groups in total. The number of halogens is 3. The van der Waals surface area contributed by atoms with Gasteiger partial charge in [-0.15, -0.1) is 13.2 Å². The number of nitrogens with one attached hydrogen (secondary N) is 1. The summed E-state index contributed by atoms with van der Waals surface area (Å²) >= 11 is 0. The molecule has 0 radical (unpaired) electrons. The summed E-state index contributed by atoms with van der Waals surface area (Å²) < 4.78 is 41.3. The fraction of sp³-hybridized carbons (Fsp3) is 0.440. The molecule has 1 saturated heterocycles. The molecule has 0 spiro atoms. The molecule has 0 aromatic heterocycles. The van der Waals surface area contributed by atoms with E-state index in [1.165, 1.54) is 41.5 Å². The van der Waals surface area contributed by atoms with Gasteiger partial charge in [0.1, 0.15) is 11.8 Å². The van der Waals surface area contributed by atoms with Gasteiger partial charge in [-0.3, -0.25) is 19.4 Å². The Bertz CT molecular complexity index is 1150. The van der Waals surface area contributed by atoms with E-state index in [4.69, 9.17) is 11.5 Å². The molecule has 1 heterocycles. The number of aliphatic imine (C=N–C) groups is 1. The van der Waals surface area contributed by atoms with E-state index in [9.17, 15) is 27.6 Å². The van der Waals surface area contributed by atoms with Crippen LogP contribution >= 0.6 is 0 Å². The zero-order valence-electron chi connectivity index (χ0n) is 20.2. The SMILES string of the molecule is CN=C/C=C(\N)C#C[C@H](CC(N)=O)NC(=O)[C@@H]1CCCN1C(=O)C1(c2ccc(OC(F)(F)F)cc2)CC1. The second kappa shape index (κ2) is 11.4. The largest absolute Gasteiger partial charge is 0.573 e. The van der Waals surface area contributed by atoms with Crippen molar-refractivity contribution >= 4 is 23.9 Å². The third kappa shape index (κ3) is 7.25. The van der Waals surface area contributed by atoms with Crippen LogP contribution < -0.4 is 21.5 Å². The first-order chi connectivity index (χ1) is 17.4. The van der Waals surface area contributed by atoms with Crippen LogP contribution in [0.15, 0.2) is 41.0 Å². The molecule has 12 heteroatoms. The summed E-state index contributed by atoms with van der Waals surface area (Å²) in [4.78, 5) is 43.4. The van der Waals surface area contributed by atoms with Gasteiger partial charge >= 0.3 is 6.36 Å². The Balaban J connectivity index is 1.73. The van der Waals surface area contributed by atoms with Gasteiger partial charge in [-0.25, -0.2) is 0 Å². The van der Waals surface area contributed by atoms with Crippen LogP contribution in [0.1, 0.15) is 37.7 Å². The Morgan fingerprint density at radius 2 is 1.95 bits per heavy atom. The van der Waals surface area contributed by atoms with E-state index in [0.29, 0.717) is 37.8 Å². The molecule has 1 aromatic rings. The first-order valence-corrected chi connectivity index (χ1v) is 11.6. The van der Waals surface area contributed by atoms with E-state index in [2.05, 4.69) is 26.9 Å². The summed E-state index contributed by atoms with van der Waals surface area (Å²) in [5.74, 6) is 3.56. The van der Waals surface area contributed by atoms with Crippen molar-refractivity contribution in [2.75, 3.05) is 13.6 Å². The lowest BCUT2D eigenvalue weighted by molar-refractivity contribution is -0.274. The summed E-state index contributed by atoms with van der Waals surface area (Å²) in [6.07, 6.45) is -0.119. The molecular weight excluding hydrogens is 491 g/mol. The number of amides is 3. The van der Waals surface area contributed by atoms with Gasteiger partial charge in [0.25, 0.3) is 0 Å². The highest BCUT2D eigenvalue weighted by molar-refractivity contribution is 5.96. The van der Waals surface area contributed by atoms with Gasteiger partial charge in [0.2, 0.25) is 17.7 Å². The van der Waals surface area contributed by atoms with Gasteiger partial charge in [0, 0.05) is 19.8 Å². The van der Waals surface area contributed by atoms with Gasteiger partial charge in [0.05, 0.1) is 23.6 Å². The van der Waals surface area contributed by atoms with Crippen LogP contribution in [-0.4, -0.2) is 60.9 Å². The zero-order chi connectivity index (χ0) is 27.2.